The van der Waals surface area contributed by atoms with Gasteiger partial charge in [0.05, 0.1) is 13.3 Å². The topological polar surface area (TPSA) is 35.3 Å². The van der Waals surface area contributed by atoms with E-state index < -0.39 is 0 Å². The molecule has 2 aromatic rings. The van der Waals surface area contributed by atoms with Gasteiger partial charge in [-0.15, -0.1) is 0 Å². The molecule has 2 rings (SSSR count). The highest BCUT2D eigenvalue weighted by molar-refractivity contribution is 5.54. The number of hydrogen-bond acceptors (Lipinski definition) is 3. The Morgan fingerprint density at radius 3 is 2.19 bits per heavy atom. The fraction of sp³-hybridized carbons (Fsp3) is 0.308. The Morgan fingerprint density at radius 1 is 1.12 bits per heavy atom. The van der Waals surface area contributed by atoms with E-state index in [0.717, 1.165) is 17.1 Å². The maximum atomic E-state index is 5.39. The van der Waals surface area contributed by atoms with Crippen LogP contribution in [0, 0.1) is 6.92 Å². The molecule has 0 N–H and O–H groups in total. The first-order chi connectivity index (χ1) is 7.79. The van der Waals surface area contributed by atoms with E-state index in [0.29, 0.717) is 5.89 Å². The van der Waals surface area contributed by atoms with Crippen LogP contribution in [-0.2, 0) is 0 Å². The number of methoxy groups -OCH3 is 1. The van der Waals surface area contributed by atoms with Crippen LogP contribution in [0.4, 0.5) is 0 Å². The third-order valence-corrected chi connectivity index (χ3v) is 1.96. The number of rotatable bonds is 2. The number of nitrogens with zero attached hydrogens (tertiary/aromatic N) is 1. The maximum absolute atomic E-state index is 5.39. The second-order valence-corrected chi connectivity index (χ2v) is 3.00. The normalized spacial score (nSPS) is 9.25. The summed E-state index contributed by atoms with van der Waals surface area (Å²) in [5.74, 6) is 2.29. The number of ether oxygens (including phenoxy) is 1. The van der Waals surface area contributed by atoms with E-state index in [1.54, 1.807) is 13.3 Å². The highest BCUT2D eigenvalue weighted by Crippen LogP contribution is 2.21. The minimum Gasteiger partial charge on any atom is -0.497 e. The average Bonchev–Trinajstić information content (AvgIpc) is 2.79. The predicted molar refractivity (Wildman–Crippen MR) is 64.6 cm³/mol. The lowest BCUT2D eigenvalue weighted by Crippen LogP contribution is -1.82. The van der Waals surface area contributed by atoms with Crippen molar-refractivity contribution in [2.75, 3.05) is 7.11 Å². The van der Waals surface area contributed by atoms with Gasteiger partial charge in [0.1, 0.15) is 11.5 Å². The number of oxazole rings is 1. The Balaban J connectivity index is 0.000000606. The van der Waals surface area contributed by atoms with Gasteiger partial charge in [0.2, 0.25) is 5.89 Å². The summed E-state index contributed by atoms with van der Waals surface area (Å²) in [6, 6.07) is 7.61. The van der Waals surface area contributed by atoms with Crippen LogP contribution in [0.25, 0.3) is 11.5 Å². The zero-order chi connectivity index (χ0) is 12.0. The zero-order valence-electron chi connectivity index (χ0n) is 10.2. The summed E-state index contributed by atoms with van der Waals surface area (Å²) in [6.07, 6.45) is 1.71. The minimum atomic E-state index is 0.644. The number of benzene rings is 1. The molecule has 0 saturated carbocycles. The van der Waals surface area contributed by atoms with E-state index in [1.165, 1.54) is 0 Å². The lowest BCUT2D eigenvalue weighted by atomic mass is 10.2. The second-order valence-electron chi connectivity index (χ2n) is 3.00. The molecule has 1 aromatic heterocycles. The zero-order valence-corrected chi connectivity index (χ0v) is 10.2. The summed E-state index contributed by atoms with van der Waals surface area (Å²) in [5.41, 5.74) is 0.957. The maximum Gasteiger partial charge on any atom is 0.226 e. The third-order valence-electron chi connectivity index (χ3n) is 1.96. The van der Waals surface area contributed by atoms with Crippen LogP contribution in [0.15, 0.2) is 34.9 Å². The first kappa shape index (κ1) is 12.3. The van der Waals surface area contributed by atoms with Crippen molar-refractivity contribution in [3.63, 3.8) is 0 Å². The molecule has 3 heteroatoms. The van der Waals surface area contributed by atoms with Crippen molar-refractivity contribution in [1.82, 2.24) is 4.98 Å². The molecule has 1 aromatic carbocycles. The molecule has 86 valence electrons. The summed E-state index contributed by atoms with van der Waals surface area (Å²) in [4.78, 5) is 4.13. The van der Waals surface area contributed by atoms with Crippen molar-refractivity contribution in [1.29, 1.82) is 0 Å². The van der Waals surface area contributed by atoms with E-state index in [-0.39, 0.29) is 0 Å². The standard InChI is InChI=1S/C11H11NO2.C2H6/c1-8-7-12-11(14-8)9-3-5-10(13-2)6-4-9;1-2/h3-7H,1-2H3;1-2H3. The van der Waals surface area contributed by atoms with Crippen LogP contribution in [0.2, 0.25) is 0 Å². The highest BCUT2D eigenvalue weighted by atomic mass is 16.5. The van der Waals surface area contributed by atoms with Crippen molar-refractivity contribution in [3.05, 3.63) is 36.2 Å². The Kier molecular flexibility index (Phi) is 4.58. The largest absolute Gasteiger partial charge is 0.497 e. The monoisotopic (exact) mass is 219 g/mol. The van der Waals surface area contributed by atoms with E-state index >= 15 is 0 Å². The highest BCUT2D eigenvalue weighted by Gasteiger charge is 2.03. The molecular formula is C13H17NO2. The van der Waals surface area contributed by atoms with Crippen LogP contribution in [0.3, 0.4) is 0 Å². The van der Waals surface area contributed by atoms with Gasteiger partial charge in [-0.05, 0) is 31.2 Å². The van der Waals surface area contributed by atoms with Gasteiger partial charge in [-0.1, -0.05) is 13.8 Å². The summed E-state index contributed by atoms with van der Waals surface area (Å²) in [5, 5.41) is 0. The van der Waals surface area contributed by atoms with Gasteiger partial charge in [-0.25, -0.2) is 4.98 Å². The van der Waals surface area contributed by atoms with Crippen LogP contribution < -0.4 is 4.74 Å². The van der Waals surface area contributed by atoms with E-state index in [1.807, 2.05) is 45.0 Å². The molecule has 16 heavy (non-hydrogen) atoms. The Hall–Kier alpha value is -1.77. The first-order valence-electron chi connectivity index (χ1n) is 5.36. The van der Waals surface area contributed by atoms with E-state index in [9.17, 15) is 0 Å². The van der Waals surface area contributed by atoms with Gasteiger partial charge in [-0.2, -0.15) is 0 Å². The Labute approximate surface area is 96.1 Å². The minimum absolute atomic E-state index is 0.644. The SMILES string of the molecule is CC.COc1ccc(-c2ncc(C)o2)cc1. The van der Waals surface area contributed by atoms with Crippen LogP contribution in [0.1, 0.15) is 19.6 Å². The fourth-order valence-electron chi connectivity index (χ4n) is 1.22. The van der Waals surface area contributed by atoms with Gasteiger partial charge in [-0.3, -0.25) is 0 Å². The summed E-state index contributed by atoms with van der Waals surface area (Å²) in [7, 11) is 1.64. The van der Waals surface area contributed by atoms with Crippen LogP contribution >= 0.6 is 0 Å². The molecule has 0 atom stereocenters. The molecule has 0 radical (unpaired) electrons. The Morgan fingerprint density at radius 2 is 1.75 bits per heavy atom. The summed E-state index contributed by atoms with van der Waals surface area (Å²) in [6.45, 7) is 5.88. The van der Waals surface area contributed by atoms with Crippen molar-refractivity contribution in [2.24, 2.45) is 0 Å². The van der Waals surface area contributed by atoms with Crippen molar-refractivity contribution in [2.45, 2.75) is 20.8 Å². The summed E-state index contributed by atoms with van der Waals surface area (Å²) < 4.78 is 10.5. The molecule has 0 fully saturated rings. The summed E-state index contributed by atoms with van der Waals surface area (Å²) >= 11 is 0. The lowest BCUT2D eigenvalue weighted by molar-refractivity contribution is 0.415. The molecule has 0 amide bonds. The number of hydrogen-bond donors (Lipinski definition) is 0. The molecule has 0 aliphatic carbocycles. The van der Waals surface area contributed by atoms with Crippen LogP contribution in [-0.4, -0.2) is 12.1 Å². The molecule has 0 bridgehead atoms. The van der Waals surface area contributed by atoms with Gasteiger partial charge in [0.25, 0.3) is 0 Å². The first-order valence-corrected chi connectivity index (χ1v) is 5.36. The molecule has 3 nitrogen and oxygen atoms in total. The van der Waals surface area contributed by atoms with Crippen molar-refractivity contribution < 1.29 is 9.15 Å². The Bertz CT molecular complexity index is 418. The average molecular weight is 219 g/mol. The third kappa shape index (κ3) is 2.86. The van der Waals surface area contributed by atoms with Gasteiger partial charge >= 0.3 is 0 Å². The quantitative estimate of drug-likeness (QED) is 0.772. The molecule has 0 spiro atoms. The number of aryl methyl sites for hydroxylation is 1. The van der Waals surface area contributed by atoms with Gasteiger partial charge in [0.15, 0.2) is 0 Å². The predicted octanol–water partition coefficient (Wildman–Crippen LogP) is 3.68. The number of aromatic nitrogens is 1. The molecular weight excluding hydrogens is 202 g/mol. The second kappa shape index (κ2) is 5.95. The van der Waals surface area contributed by atoms with Gasteiger partial charge < -0.3 is 9.15 Å². The molecule has 1 heterocycles. The molecule has 0 saturated heterocycles. The van der Waals surface area contributed by atoms with Crippen molar-refractivity contribution in [3.8, 4) is 17.2 Å². The lowest BCUT2D eigenvalue weighted by Gasteiger charge is -1.99. The van der Waals surface area contributed by atoms with Gasteiger partial charge in [0, 0.05) is 5.56 Å². The molecule has 0 aliphatic heterocycles. The smallest absolute Gasteiger partial charge is 0.226 e. The van der Waals surface area contributed by atoms with Crippen molar-refractivity contribution >= 4 is 0 Å². The molecule has 0 aliphatic rings. The van der Waals surface area contributed by atoms with E-state index in [4.69, 9.17) is 9.15 Å². The van der Waals surface area contributed by atoms with E-state index in [2.05, 4.69) is 4.98 Å². The molecule has 0 unspecified atom stereocenters. The fourth-order valence-corrected chi connectivity index (χ4v) is 1.22. The van der Waals surface area contributed by atoms with Crippen LogP contribution in [0.5, 0.6) is 5.75 Å².